The van der Waals surface area contributed by atoms with E-state index in [-0.39, 0.29) is 6.04 Å². The highest BCUT2D eigenvalue weighted by atomic mass is 35.5. The van der Waals surface area contributed by atoms with Crippen molar-refractivity contribution in [3.63, 3.8) is 0 Å². The summed E-state index contributed by atoms with van der Waals surface area (Å²) in [6, 6.07) is 16.8. The second-order valence-electron chi connectivity index (χ2n) is 11.0. The molecule has 0 bridgehead atoms. The van der Waals surface area contributed by atoms with Gasteiger partial charge in [0.05, 0.1) is 40.1 Å². The van der Waals surface area contributed by atoms with E-state index in [2.05, 4.69) is 46.9 Å². The van der Waals surface area contributed by atoms with Gasteiger partial charge >= 0.3 is 0 Å². The van der Waals surface area contributed by atoms with E-state index in [0.717, 1.165) is 75.4 Å². The first kappa shape index (κ1) is 25.1. The summed E-state index contributed by atoms with van der Waals surface area (Å²) in [6.45, 7) is 7.24. The third-order valence-electron chi connectivity index (χ3n) is 7.94. The number of aromatic nitrogens is 4. The molecule has 1 fully saturated rings. The molecule has 0 amide bonds. The van der Waals surface area contributed by atoms with Gasteiger partial charge in [0.2, 0.25) is 0 Å². The number of hydrogen-bond donors (Lipinski definition) is 1. The van der Waals surface area contributed by atoms with Crippen molar-refractivity contribution in [1.82, 2.24) is 19.3 Å². The number of aryl methyl sites for hydroxylation is 2. The Labute approximate surface area is 227 Å². The smallest absolute Gasteiger partial charge is 0.0960 e. The minimum Gasteiger partial charge on any atom is -0.386 e. The second kappa shape index (κ2) is 9.53. The molecule has 7 heteroatoms. The molecule has 4 heterocycles. The molecule has 1 N–H and O–H groups in total. The summed E-state index contributed by atoms with van der Waals surface area (Å²) < 4.78 is 10.1. The van der Waals surface area contributed by atoms with E-state index in [1.165, 1.54) is 5.56 Å². The first-order chi connectivity index (χ1) is 18.2. The molecular weight excluding hydrogens is 496 g/mol. The number of pyridine rings is 1. The molecule has 1 atom stereocenters. The Bertz CT molecular complexity index is 1600. The van der Waals surface area contributed by atoms with Gasteiger partial charge in [0.1, 0.15) is 0 Å². The highest BCUT2D eigenvalue weighted by Crippen LogP contribution is 2.42. The number of hydrogen-bond acceptors (Lipinski definition) is 4. The zero-order chi connectivity index (χ0) is 26.6. The first-order valence-electron chi connectivity index (χ1n) is 13.2. The predicted octanol–water partition coefficient (Wildman–Crippen LogP) is 6.80. The molecule has 0 aliphatic carbocycles. The van der Waals surface area contributed by atoms with Crippen LogP contribution in [0.1, 0.15) is 49.4 Å². The van der Waals surface area contributed by atoms with Gasteiger partial charge in [0.25, 0.3) is 0 Å². The van der Waals surface area contributed by atoms with Crippen LogP contribution in [0.3, 0.4) is 0 Å². The maximum atomic E-state index is 10.9. The summed E-state index contributed by atoms with van der Waals surface area (Å²) in [5.74, 6) is 0.372. The van der Waals surface area contributed by atoms with Gasteiger partial charge in [-0.25, -0.2) is 0 Å². The lowest BCUT2D eigenvalue weighted by Crippen LogP contribution is -2.27. The Morgan fingerprint density at radius 2 is 1.76 bits per heavy atom. The molecule has 6 rings (SSSR count). The summed E-state index contributed by atoms with van der Waals surface area (Å²) in [6.07, 6.45) is 5.77. The number of benzene rings is 2. The van der Waals surface area contributed by atoms with Gasteiger partial charge in [0, 0.05) is 42.4 Å². The molecule has 196 valence electrons. The van der Waals surface area contributed by atoms with Crippen molar-refractivity contribution < 1.29 is 9.84 Å². The van der Waals surface area contributed by atoms with Gasteiger partial charge < -0.3 is 14.4 Å². The van der Waals surface area contributed by atoms with Gasteiger partial charge in [0.15, 0.2) is 0 Å². The van der Waals surface area contributed by atoms with Crippen LogP contribution in [0.15, 0.2) is 60.9 Å². The van der Waals surface area contributed by atoms with Crippen molar-refractivity contribution >= 4 is 33.5 Å². The maximum absolute atomic E-state index is 10.9. The molecule has 38 heavy (non-hydrogen) atoms. The topological polar surface area (TPSA) is 65.1 Å². The molecule has 0 saturated carbocycles. The summed E-state index contributed by atoms with van der Waals surface area (Å²) in [5.41, 5.74) is 7.40. The summed E-state index contributed by atoms with van der Waals surface area (Å²) in [4.78, 5) is 5.03. The third-order valence-corrected chi connectivity index (χ3v) is 8.20. The van der Waals surface area contributed by atoms with E-state index < -0.39 is 5.60 Å². The lowest BCUT2D eigenvalue weighted by Gasteiger charge is -2.33. The van der Waals surface area contributed by atoms with Crippen molar-refractivity contribution in [3.05, 3.63) is 82.6 Å². The largest absolute Gasteiger partial charge is 0.386 e. The minimum atomic E-state index is -0.964. The number of halogens is 1. The minimum absolute atomic E-state index is 0.0536. The summed E-state index contributed by atoms with van der Waals surface area (Å²) >= 11 is 6.32. The maximum Gasteiger partial charge on any atom is 0.0960 e. The predicted molar refractivity (Wildman–Crippen MR) is 153 cm³/mol. The highest BCUT2D eigenvalue weighted by Gasteiger charge is 2.31. The van der Waals surface area contributed by atoms with E-state index in [4.69, 9.17) is 21.3 Å². The van der Waals surface area contributed by atoms with E-state index in [0.29, 0.717) is 5.92 Å². The Hall–Kier alpha value is -3.19. The monoisotopic (exact) mass is 528 g/mol. The summed E-state index contributed by atoms with van der Waals surface area (Å²) in [5, 5.41) is 17.2. The molecule has 0 spiro atoms. The number of nitrogens with zero attached hydrogens (tertiary/aromatic N) is 4. The van der Waals surface area contributed by atoms with E-state index in [1.807, 2.05) is 56.2 Å². The van der Waals surface area contributed by atoms with Gasteiger partial charge in [-0.3, -0.25) is 9.67 Å². The Morgan fingerprint density at radius 3 is 2.42 bits per heavy atom. The number of fused-ring (bicyclic) bond motifs is 3. The van der Waals surface area contributed by atoms with Crippen LogP contribution in [0.4, 0.5) is 0 Å². The normalized spacial score (nSPS) is 15.9. The average molecular weight is 529 g/mol. The van der Waals surface area contributed by atoms with Crippen LogP contribution in [0, 0.1) is 12.8 Å². The van der Waals surface area contributed by atoms with Crippen molar-refractivity contribution in [2.24, 2.45) is 13.0 Å². The van der Waals surface area contributed by atoms with Crippen LogP contribution in [0.25, 0.3) is 33.2 Å². The standard InChI is InChI=1S/C31H33ClN4O2/c1-19-17-34-35(4)29(19)22-15-27-28(33-18-22)25-10-7-23(31(2,3)37)16-26(25)36(27)30(21-11-13-38-14-12-21)20-5-8-24(32)9-6-20/h5-10,15-18,21,30,37H,11-14H2,1-4H3. The number of aliphatic hydroxyl groups is 1. The van der Waals surface area contributed by atoms with Crippen LogP contribution >= 0.6 is 11.6 Å². The fourth-order valence-corrected chi connectivity index (χ4v) is 6.13. The SMILES string of the molecule is Cc1cnn(C)c1-c1cnc2c3ccc(C(C)(C)O)cc3n(C(c3ccc(Cl)cc3)C3CCOCC3)c2c1. The van der Waals surface area contributed by atoms with E-state index >= 15 is 0 Å². The molecule has 1 unspecified atom stereocenters. The van der Waals surface area contributed by atoms with Gasteiger partial charge in [-0.2, -0.15) is 5.10 Å². The molecule has 0 radical (unpaired) electrons. The van der Waals surface area contributed by atoms with Crippen LogP contribution < -0.4 is 0 Å². The van der Waals surface area contributed by atoms with Crippen molar-refractivity contribution in [3.8, 4) is 11.3 Å². The van der Waals surface area contributed by atoms with Crippen LogP contribution in [-0.2, 0) is 17.4 Å². The molecule has 6 nitrogen and oxygen atoms in total. The van der Waals surface area contributed by atoms with Gasteiger partial charge in [-0.05, 0) is 80.5 Å². The van der Waals surface area contributed by atoms with Crippen molar-refractivity contribution in [1.29, 1.82) is 0 Å². The van der Waals surface area contributed by atoms with Crippen LogP contribution in [-0.4, -0.2) is 37.7 Å². The number of ether oxygens (including phenoxy) is 1. The Balaban J connectivity index is 1.69. The quantitative estimate of drug-likeness (QED) is 0.272. The van der Waals surface area contributed by atoms with Gasteiger partial charge in [-0.15, -0.1) is 0 Å². The van der Waals surface area contributed by atoms with E-state index in [1.54, 1.807) is 0 Å². The molecule has 2 aromatic carbocycles. The fraction of sp³-hybridized carbons (Fsp3) is 0.355. The lowest BCUT2D eigenvalue weighted by molar-refractivity contribution is 0.0552. The molecule has 1 aliphatic rings. The molecule has 3 aromatic heterocycles. The lowest BCUT2D eigenvalue weighted by atomic mass is 9.86. The molecule has 1 aliphatic heterocycles. The first-order valence-corrected chi connectivity index (χ1v) is 13.6. The van der Waals surface area contributed by atoms with E-state index in [9.17, 15) is 5.11 Å². The molecule has 5 aromatic rings. The number of rotatable bonds is 5. The Morgan fingerprint density at radius 1 is 1.03 bits per heavy atom. The molecule has 1 saturated heterocycles. The van der Waals surface area contributed by atoms with Crippen molar-refractivity contribution in [2.45, 2.75) is 45.3 Å². The zero-order valence-corrected chi connectivity index (χ0v) is 23.0. The zero-order valence-electron chi connectivity index (χ0n) is 22.3. The second-order valence-corrected chi connectivity index (χ2v) is 11.4. The van der Waals surface area contributed by atoms with Crippen LogP contribution in [0.5, 0.6) is 0 Å². The Kier molecular flexibility index (Phi) is 6.29. The average Bonchev–Trinajstić information content (AvgIpc) is 3.41. The fourth-order valence-electron chi connectivity index (χ4n) is 6.00. The van der Waals surface area contributed by atoms with Gasteiger partial charge in [-0.1, -0.05) is 35.9 Å². The third kappa shape index (κ3) is 4.31. The molecular formula is C31H33ClN4O2. The van der Waals surface area contributed by atoms with Crippen LogP contribution in [0.2, 0.25) is 5.02 Å². The van der Waals surface area contributed by atoms with Crippen molar-refractivity contribution in [2.75, 3.05) is 13.2 Å². The highest BCUT2D eigenvalue weighted by molar-refractivity contribution is 6.30. The summed E-state index contributed by atoms with van der Waals surface area (Å²) in [7, 11) is 1.97.